The molecule has 0 radical (unpaired) electrons. The van der Waals surface area contributed by atoms with Gasteiger partial charge < -0.3 is 9.80 Å². The van der Waals surface area contributed by atoms with Gasteiger partial charge >= 0.3 is 0 Å². The number of hydrogen-bond donors (Lipinski definition) is 0. The van der Waals surface area contributed by atoms with E-state index in [1.54, 1.807) is 51.3 Å². The van der Waals surface area contributed by atoms with Crippen LogP contribution in [-0.2, 0) is 4.79 Å². The van der Waals surface area contributed by atoms with Crippen molar-refractivity contribution in [3.05, 3.63) is 72.8 Å². The molecular weight excluding hydrogens is 330 g/mol. The van der Waals surface area contributed by atoms with Crippen LogP contribution in [-0.4, -0.2) is 51.1 Å². The third-order valence-electron chi connectivity index (χ3n) is 4.33. The molecular formula is C19H17N5O2. The van der Waals surface area contributed by atoms with E-state index in [1.165, 1.54) is 0 Å². The van der Waals surface area contributed by atoms with E-state index in [4.69, 9.17) is 0 Å². The van der Waals surface area contributed by atoms with E-state index in [2.05, 4.69) is 10.1 Å². The fraction of sp³-hybridized carbons (Fsp3) is 0.158. The van der Waals surface area contributed by atoms with Gasteiger partial charge in [-0.3, -0.25) is 14.6 Å². The van der Waals surface area contributed by atoms with Crippen molar-refractivity contribution >= 4 is 17.5 Å². The minimum absolute atomic E-state index is 0.0553. The van der Waals surface area contributed by atoms with Crippen LogP contribution in [0.1, 0.15) is 10.4 Å². The van der Waals surface area contributed by atoms with Crippen LogP contribution >= 0.6 is 0 Å². The van der Waals surface area contributed by atoms with Crippen LogP contribution in [0.2, 0.25) is 0 Å². The highest BCUT2D eigenvalue weighted by Gasteiger charge is 2.28. The fourth-order valence-electron chi connectivity index (χ4n) is 3.02. The van der Waals surface area contributed by atoms with E-state index in [9.17, 15) is 9.59 Å². The second-order valence-electron chi connectivity index (χ2n) is 5.98. The smallest absolute Gasteiger partial charge is 0.254 e. The van der Waals surface area contributed by atoms with Crippen LogP contribution in [0.15, 0.2) is 67.3 Å². The molecule has 7 heteroatoms. The molecule has 2 aromatic heterocycles. The van der Waals surface area contributed by atoms with Crippen molar-refractivity contribution in [2.24, 2.45) is 0 Å². The average Bonchev–Trinajstić information content (AvgIpc) is 3.23. The van der Waals surface area contributed by atoms with Gasteiger partial charge in [0.1, 0.15) is 6.54 Å². The van der Waals surface area contributed by atoms with Crippen LogP contribution in [0.5, 0.6) is 0 Å². The molecule has 7 nitrogen and oxygen atoms in total. The Morgan fingerprint density at radius 1 is 1.00 bits per heavy atom. The minimum Gasteiger partial charge on any atom is -0.328 e. The largest absolute Gasteiger partial charge is 0.328 e. The summed E-state index contributed by atoms with van der Waals surface area (Å²) in [5.41, 5.74) is 2.10. The zero-order valence-electron chi connectivity index (χ0n) is 14.0. The number of rotatable bonds is 3. The first-order chi connectivity index (χ1) is 12.7. The topological polar surface area (TPSA) is 71.3 Å². The Balaban J connectivity index is 1.50. The molecule has 26 heavy (non-hydrogen) atoms. The van der Waals surface area contributed by atoms with Crippen LogP contribution in [0.4, 0.5) is 5.69 Å². The molecule has 3 heterocycles. The molecule has 0 N–H and O–H groups in total. The van der Waals surface area contributed by atoms with E-state index >= 15 is 0 Å². The van der Waals surface area contributed by atoms with Crippen LogP contribution in [0, 0.1) is 0 Å². The molecule has 3 aromatic rings. The monoisotopic (exact) mass is 347 g/mol. The Kier molecular flexibility index (Phi) is 4.18. The number of hydrogen-bond acceptors (Lipinski definition) is 4. The second-order valence-corrected chi connectivity index (χ2v) is 5.98. The number of piperazine rings is 1. The first-order valence-electron chi connectivity index (χ1n) is 8.32. The van der Waals surface area contributed by atoms with Crippen LogP contribution in [0.25, 0.3) is 5.69 Å². The molecule has 0 aliphatic carbocycles. The van der Waals surface area contributed by atoms with Gasteiger partial charge in [-0.1, -0.05) is 6.07 Å². The lowest BCUT2D eigenvalue weighted by Gasteiger charge is -2.34. The third-order valence-corrected chi connectivity index (χ3v) is 4.33. The predicted octanol–water partition coefficient (Wildman–Crippen LogP) is 1.76. The van der Waals surface area contributed by atoms with Gasteiger partial charge in [0, 0.05) is 37.2 Å². The highest BCUT2D eigenvalue weighted by molar-refractivity contribution is 6.01. The molecule has 0 bridgehead atoms. The Hall–Kier alpha value is -3.48. The highest BCUT2D eigenvalue weighted by atomic mass is 16.2. The lowest BCUT2D eigenvalue weighted by atomic mass is 10.1. The summed E-state index contributed by atoms with van der Waals surface area (Å²) in [5, 5.41) is 4.18. The number of anilines is 1. The van der Waals surface area contributed by atoms with Crippen molar-refractivity contribution in [3.8, 4) is 5.69 Å². The number of pyridine rings is 1. The number of carbonyl (C=O) groups excluding carboxylic acids is 2. The summed E-state index contributed by atoms with van der Waals surface area (Å²) in [4.78, 5) is 32.6. The van der Waals surface area contributed by atoms with Crippen molar-refractivity contribution < 1.29 is 9.59 Å². The Morgan fingerprint density at radius 3 is 2.62 bits per heavy atom. The maximum atomic E-state index is 12.8. The summed E-state index contributed by atoms with van der Waals surface area (Å²) in [6.45, 7) is 0.986. The number of carbonyl (C=O) groups is 2. The van der Waals surface area contributed by atoms with Crippen molar-refractivity contribution in [3.63, 3.8) is 0 Å². The summed E-state index contributed by atoms with van der Waals surface area (Å²) in [5.74, 6) is -0.265. The minimum atomic E-state index is -0.154. The average molecular weight is 347 g/mol. The summed E-state index contributed by atoms with van der Waals surface area (Å²) < 4.78 is 1.70. The molecule has 1 aliphatic rings. The van der Waals surface area contributed by atoms with Gasteiger partial charge in [0.25, 0.3) is 5.91 Å². The molecule has 0 unspecified atom stereocenters. The first-order valence-corrected chi connectivity index (χ1v) is 8.32. The van der Waals surface area contributed by atoms with Crippen molar-refractivity contribution in [2.75, 3.05) is 24.5 Å². The zero-order chi connectivity index (χ0) is 17.9. The lowest BCUT2D eigenvalue weighted by molar-refractivity contribution is -0.120. The van der Waals surface area contributed by atoms with Gasteiger partial charge in [-0.25, -0.2) is 4.68 Å². The Labute approximate surface area is 150 Å². The van der Waals surface area contributed by atoms with Gasteiger partial charge in [-0.2, -0.15) is 5.10 Å². The van der Waals surface area contributed by atoms with Gasteiger partial charge in [0.2, 0.25) is 5.91 Å². The first kappa shape index (κ1) is 16.0. The molecule has 0 atom stereocenters. The van der Waals surface area contributed by atoms with Gasteiger partial charge in [-0.05, 0) is 36.4 Å². The molecule has 2 amide bonds. The van der Waals surface area contributed by atoms with E-state index < -0.39 is 0 Å². The van der Waals surface area contributed by atoms with Crippen molar-refractivity contribution in [1.29, 1.82) is 0 Å². The number of benzene rings is 1. The number of aromatic nitrogens is 3. The summed E-state index contributed by atoms with van der Waals surface area (Å²) in [7, 11) is 0. The highest BCUT2D eigenvalue weighted by Crippen LogP contribution is 2.18. The lowest BCUT2D eigenvalue weighted by Crippen LogP contribution is -2.52. The number of amides is 2. The van der Waals surface area contributed by atoms with E-state index in [0.29, 0.717) is 18.7 Å². The molecule has 0 saturated carbocycles. The van der Waals surface area contributed by atoms with Gasteiger partial charge in [0.15, 0.2) is 0 Å². The zero-order valence-corrected chi connectivity index (χ0v) is 14.0. The SMILES string of the molecule is O=C(c1cccc(-n2cccn2)c1)N1CCN(c2cccnc2)C(=O)C1. The quantitative estimate of drug-likeness (QED) is 0.724. The Bertz CT molecular complexity index is 924. The van der Waals surface area contributed by atoms with Crippen LogP contribution < -0.4 is 4.90 Å². The van der Waals surface area contributed by atoms with Gasteiger partial charge in [-0.15, -0.1) is 0 Å². The summed E-state index contributed by atoms with van der Waals surface area (Å²) >= 11 is 0. The Morgan fingerprint density at radius 2 is 1.88 bits per heavy atom. The molecule has 1 saturated heterocycles. The normalized spacial score (nSPS) is 14.5. The van der Waals surface area contributed by atoms with Crippen molar-refractivity contribution in [2.45, 2.75) is 0 Å². The van der Waals surface area contributed by atoms with Crippen LogP contribution in [0.3, 0.4) is 0 Å². The van der Waals surface area contributed by atoms with E-state index in [0.717, 1.165) is 11.4 Å². The fourth-order valence-corrected chi connectivity index (χ4v) is 3.02. The third kappa shape index (κ3) is 3.06. The molecule has 0 spiro atoms. The molecule has 130 valence electrons. The summed E-state index contributed by atoms with van der Waals surface area (Å²) in [6.07, 6.45) is 6.83. The van der Waals surface area contributed by atoms with E-state index in [-0.39, 0.29) is 18.4 Å². The van der Waals surface area contributed by atoms with E-state index in [1.807, 2.05) is 30.5 Å². The molecule has 1 aromatic carbocycles. The summed E-state index contributed by atoms with van der Waals surface area (Å²) in [6, 6.07) is 12.7. The molecule has 4 rings (SSSR count). The van der Waals surface area contributed by atoms with Crippen molar-refractivity contribution in [1.82, 2.24) is 19.7 Å². The molecule has 1 fully saturated rings. The van der Waals surface area contributed by atoms with Gasteiger partial charge in [0.05, 0.1) is 17.6 Å². The molecule has 1 aliphatic heterocycles. The maximum Gasteiger partial charge on any atom is 0.254 e. The predicted molar refractivity (Wildman–Crippen MR) is 96.1 cm³/mol. The maximum absolute atomic E-state index is 12.8. The standard InChI is InChI=1S/C19H17N5O2/c25-18-14-22(10-11-23(18)17-6-2-7-20-13-17)19(26)15-4-1-5-16(12-15)24-9-3-8-21-24/h1-9,12-13H,10-11,14H2. The second kappa shape index (κ2) is 6.79. The number of nitrogens with zero attached hydrogens (tertiary/aromatic N) is 5.